The van der Waals surface area contributed by atoms with Gasteiger partial charge in [-0.1, -0.05) is 13.3 Å². The summed E-state index contributed by atoms with van der Waals surface area (Å²) in [6.45, 7) is 2.65. The Morgan fingerprint density at radius 2 is 2.12 bits per heavy atom. The fourth-order valence-corrected chi connectivity index (χ4v) is 2.72. The van der Waals surface area contributed by atoms with Gasteiger partial charge in [0.05, 0.1) is 5.92 Å². The van der Waals surface area contributed by atoms with Gasteiger partial charge in [-0.25, -0.2) is 0 Å². The van der Waals surface area contributed by atoms with Crippen molar-refractivity contribution in [3.63, 3.8) is 0 Å². The molecule has 2 N–H and O–H groups in total. The predicted octanol–water partition coefficient (Wildman–Crippen LogP) is 2.86. The summed E-state index contributed by atoms with van der Waals surface area (Å²) in [5.74, 6) is -1.22. The Morgan fingerprint density at radius 3 is 2.65 bits per heavy atom. The molecule has 0 aromatic carbocycles. The van der Waals surface area contributed by atoms with Crippen molar-refractivity contribution in [3.05, 3.63) is 0 Å². The summed E-state index contributed by atoms with van der Waals surface area (Å²) in [6, 6.07) is 0. The first-order valence-electron chi connectivity index (χ1n) is 6.36. The van der Waals surface area contributed by atoms with E-state index >= 15 is 0 Å². The van der Waals surface area contributed by atoms with Crippen LogP contribution in [0.3, 0.4) is 0 Å². The quantitative estimate of drug-likeness (QED) is 0.789. The van der Waals surface area contributed by atoms with Gasteiger partial charge in [-0.3, -0.25) is 0 Å². The molecule has 2 nitrogen and oxygen atoms in total. The van der Waals surface area contributed by atoms with Gasteiger partial charge in [-0.05, 0) is 38.6 Å². The summed E-state index contributed by atoms with van der Waals surface area (Å²) < 4.78 is 38.3. The van der Waals surface area contributed by atoms with Gasteiger partial charge in [-0.15, -0.1) is 0 Å². The second-order valence-corrected chi connectivity index (χ2v) is 5.02. The van der Waals surface area contributed by atoms with Crippen LogP contribution >= 0.6 is 0 Å². The third kappa shape index (κ3) is 4.14. The van der Waals surface area contributed by atoms with Crippen molar-refractivity contribution >= 4 is 0 Å². The fraction of sp³-hybridized carbons (Fsp3) is 1.00. The summed E-state index contributed by atoms with van der Waals surface area (Å²) >= 11 is 0. The zero-order chi connectivity index (χ0) is 12.9. The molecule has 2 atom stereocenters. The van der Waals surface area contributed by atoms with Crippen LogP contribution in [0.2, 0.25) is 0 Å². The second kappa shape index (κ2) is 6.05. The first-order valence-corrected chi connectivity index (χ1v) is 6.36. The van der Waals surface area contributed by atoms with E-state index in [-0.39, 0.29) is 19.4 Å². The van der Waals surface area contributed by atoms with Crippen molar-refractivity contribution < 1.29 is 18.3 Å². The largest absolute Gasteiger partial charge is 0.396 e. The highest BCUT2D eigenvalue weighted by molar-refractivity contribution is 4.95. The lowest BCUT2D eigenvalue weighted by Gasteiger charge is -2.42. The first-order chi connectivity index (χ1) is 7.93. The number of nitrogens with one attached hydrogen (secondary N) is 1. The minimum atomic E-state index is -4.10. The number of alkyl halides is 3. The summed E-state index contributed by atoms with van der Waals surface area (Å²) in [5, 5.41) is 12.3. The molecule has 0 aromatic rings. The molecule has 1 aliphatic rings. The molecule has 0 saturated heterocycles. The van der Waals surface area contributed by atoms with Gasteiger partial charge < -0.3 is 10.4 Å². The SMILES string of the molecule is CCCNC1(CCO)CCCC(C(F)(F)F)C1. The van der Waals surface area contributed by atoms with E-state index in [9.17, 15) is 13.2 Å². The number of halogens is 3. The van der Waals surface area contributed by atoms with Gasteiger partial charge >= 0.3 is 6.18 Å². The monoisotopic (exact) mass is 253 g/mol. The summed E-state index contributed by atoms with van der Waals surface area (Å²) in [5.41, 5.74) is -0.511. The average Bonchev–Trinajstić information content (AvgIpc) is 2.26. The highest BCUT2D eigenvalue weighted by Gasteiger charge is 2.47. The Hall–Kier alpha value is -0.290. The zero-order valence-electron chi connectivity index (χ0n) is 10.3. The molecule has 102 valence electrons. The topological polar surface area (TPSA) is 32.3 Å². The molecule has 1 fully saturated rings. The summed E-state index contributed by atoms with van der Waals surface area (Å²) in [7, 11) is 0. The van der Waals surface area contributed by atoms with Gasteiger partial charge in [0.1, 0.15) is 0 Å². The maximum Gasteiger partial charge on any atom is 0.391 e. The maximum absolute atomic E-state index is 12.8. The third-order valence-corrected chi connectivity index (χ3v) is 3.65. The Balaban J connectivity index is 2.69. The summed E-state index contributed by atoms with van der Waals surface area (Å²) in [4.78, 5) is 0. The molecule has 1 aliphatic carbocycles. The highest BCUT2D eigenvalue weighted by atomic mass is 19.4. The molecule has 0 radical (unpaired) electrons. The predicted molar refractivity (Wildman–Crippen MR) is 60.7 cm³/mol. The average molecular weight is 253 g/mol. The lowest BCUT2D eigenvalue weighted by molar-refractivity contribution is -0.189. The third-order valence-electron chi connectivity index (χ3n) is 3.65. The van der Waals surface area contributed by atoms with E-state index in [4.69, 9.17) is 5.11 Å². The number of hydrogen-bond donors (Lipinski definition) is 2. The molecule has 17 heavy (non-hydrogen) atoms. The fourth-order valence-electron chi connectivity index (χ4n) is 2.72. The van der Waals surface area contributed by atoms with Gasteiger partial charge in [-0.2, -0.15) is 13.2 Å². The normalized spacial score (nSPS) is 30.5. The lowest BCUT2D eigenvalue weighted by atomic mass is 9.73. The van der Waals surface area contributed by atoms with Crippen LogP contribution in [0.1, 0.15) is 45.4 Å². The van der Waals surface area contributed by atoms with Crippen LogP contribution in [0.4, 0.5) is 13.2 Å². The molecule has 0 amide bonds. The number of aliphatic hydroxyl groups is 1. The second-order valence-electron chi connectivity index (χ2n) is 5.02. The molecule has 0 spiro atoms. The van der Waals surface area contributed by atoms with E-state index in [0.29, 0.717) is 19.4 Å². The standard InChI is InChI=1S/C12H22F3NO/c1-2-7-16-11(6-8-17)5-3-4-10(9-11)12(13,14)15/h10,16-17H,2-9H2,1H3. The van der Waals surface area contributed by atoms with Crippen LogP contribution in [0.25, 0.3) is 0 Å². The van der Waals surface area contributed by atoms with E-state index in [2.05, 4.69) is 5.32 Å². The van der Waals surface area contributed by atoms with Crippen LogP contribution in [-0.2, 0) is 0 Å². The molecule has 5 heteroatoms. The van der Waals surface area contributed by atoms with Crippen molar-refractivity contribution in [1.29, 1.82) is 0 Å². The van der Waals surface area contributed by atoms with E-state index in [1.54, 1.807) is 0 Å². The zero-order valence-corrected chi connectivity index (χ0v) is 10.3. The van der Waals surface area contributed by atoms with Crippen molar-refractivity contribution in [1.82, 2.24) is 5.32 Å². The first kappa shape index (κ1) is 14.8. The van der Waals surface area contributed by atoms with Crippen LogP contribution in [0, 0.1) is 5.92 Å². The van der Waals surface area contributed by atoms with Gasteiger partial charge in [0.2, 0.25) is 0 Å². The van der Waals surface area contributed by atoms with Crippen LogP contribution in [-0.4, -0.2) is 30.0 Å². The molecule has 0 bridgehead atoms. The van der Waals surface area contributed by atoms with Gasteiger partial charge in [0.15, 0.2) is 0 Å². The van der Waals surface area contributed by atoms with E-state index in [1.165, 1.54) is 0 Å². The summed E-state index contributed by atoms with van der Waals surface area (Å²) in [6.07, 6.45) is -1.14. The lowest BCUT2D eigenvalue weighted by Crippen LogP contribution is -2.51. The smallest absolute Gasteiger partial charge is 0.391 e. The van der Waals surface area contributed by atoms with Gasteiger partial charge in [0, 0.05) is 12.1 Å². The van der Waals surface area contributed by atoms with Crippen LogP contribution < -0.4 is 5.32 Å². The molecule has 1 rings (SSSR count). The van der Waals surface area contributed by atoms with Crippen molar-refractivity contribution in [3.8, 4) is 0 Å². The van der Waals surface area contributed by atoms with Crippen LogP contribution in [0.5, 0.6) is 0 Å². The van der Waals surface area contributed by atoms with Gasteiger partial charge in [0.25, 0.3) is 0 Å². The number of aliphatic hydroxyl groups excluding tert-OH is 1. The Morgan fingerprint density at radius 1 is 1.41 bits per heavy atom. The van der Waals surface area contributed by atoms with E-state index in [0.717, 1.165) is 12.8 Å². The van der Waals surface area contributed by atoms with Crippen molar-refractivity contribution in [2.45, 2.75) is 57.2 Å². The Labute approximate surface area is 101 Å². The molecule has 2 unspecified atom stereocenters. The Bertz CT molecular complexity index is 228. The molecule has 1 saturated carbocycles. The van der Waals surface area contributed by atoms with E-state index in [1.807, 2.05) is 6.92 Å². The Kier molecular flexibility index (Phi) is 5.25. The van der Waals surface area contributed by atoms with Crippen molar-refractivity contribution in [2.75, 3.05) is 13.2 Å². The van der Waals surface area contributed by atoms with Crippen molar-refractivity contribution in [2.24, 2.45) is 5.92 Å². The highest BCUT2D eigenvalue weighted by Crippen LogP contribution is 2.42. The van der Waals surface area contributed by atoms with E-state index < -0.39 is 17.6 Å². The minimum absolute atomic E-state index is 0.0543. The number of rotatable bonds is 5. The molecule has 0 aromatic heterocycles. The molecular weight excluding hydrogens is 231 g/mol. The molecule has 0 heterocycles. The molecular formula is C12H22F3NO. The number of hydrogen-bond acceptors (Lipinski definition) is 2. The molecule has 0 aliphatic heterocycles. The maximum atomic E-state index is 12.8. The minimum Gasteiger partial charge on any atom is -0.396 e. The van der Waals surface area contributed by atoms with Crippen LogP contribution in [0.15, 0.2) is 0 Å².